The molecule has 3 heterocycles. The number of benzene rings is 2. The molecule has 5 nitrogen and oxygen atoms in total. The molecule has 5 heteroatoms. The number of hydrogen-bond acceptors (Lipinski definition) is 4. The van der Waals surface area contributed by atoms with E-state index in [0.717, 1.165) is 63.2 Å². The number of fused-ring (bicyclic) bond motifs is 1. The maximum atomic E-state index is 12.8. The minimum Gasteiger partial charge on any atom is -0.490 e. The van der Waals surface area contributed by atoms with Crippen LogP contribution in [0.2, 0.25) is 0 Å². The molecule has 3 aromatic rings. The van der Waals surface area contributed by atoms with Crippen LogP contribution >= 0.6 is 0 Å². The van der Waals surface area contributed by atoms with Crippen LogP contribution in [0.25, 0.3) is 10.9 Å². The molecule has 0 saturated carbocycles. The lowest BCUT2D eigenvalue weighted by molar-refractivity contribution is 0.0949. The van der Waals surface area contributed by atoms with Crippen LogP contribution in [-0.4, -0.2) is 59.0 Å². The molecule has 0 N–H and O–H groups in total. The van der Waals surface area contributed by atoms with Crippen LogP contribution in [0.5, 0.6) is 5.75 Å². The van der Waals surface area contributed by atoms with Crippen LogP contribution in [0, 0.1) is 0 Å². The summed E-state index contributed by atoms with van der Waals surface area (Å²) in [7, 11) is 2.20. The summed E-state index contributed by atoms with van der Waals surface area (Å²) in [5.74, 6) is 1.07. The minimum absolute atomic E-state index is 0.213. The van der Waals surface area contributed by atoms with Gasteiger partial charge in [-0.2, -0.15) is 0 Å². The number of likely N-dealkylation sites (tertiary alicyclic amines) is 2. The fourth-order valence-corrected chi connectivity index (χ4v) is 5.99. The fourth-order valence-electron chi connectivity index (χ4n) is 5.99. The van der Waals surface area contributed by atoms with Gasteiger partial charge in [0.25, 0.3) is 0 Å². The average molecular weight is 488 g/mol. The van der Waals surface area contributed by atoms with Crippen molar-refractivity contribution in [2.24, 2.45) is 0 Å². The number of carbonyl (C=O) groups excluding carboxylic acids is 1. The van der Waals surface area contributed by atoms with Crippen LogP contribution < -0.4 is 4.74 Å². The summed E-state index contributed by atoms with van der Waals surface area (Å²) in [4.78, 5) is 17.7. The molecule has 2 aliphatic rings. The second-order valence-corrected chi connectivity index (χ2v) is 10.7. The third-order valence-electron chi connectivity index (χ3n) is 8.19. The van der Waals surface area contributed by atoms with E-state index in [1.165, 1.54) is 35.9 Å². The number of ketones is 1. The highest BCUT2D eigenvalue weighted by Gasteiger charge is 2.22. The van der Waals surface area contributed by atoms with E-state index >= 15 is 0 Å². The lowest BCUT2D eigenvalue weighted by Crippen LogP contribution is -2.37. The standard InChI is InChI=1S/C31H41N3O2/c1-3-34-20-14-25-21-24(12-13-30(25)34)23-33-18-15-28(16-19-33)36-29-10-4-7-26(22-29)31(35)11-5-8-27-9-6-17-32(27)2/h4,7,10,12-14,20-22,27-28H,3,5-6,8-9,11,15-19,23H2,1-2H3. The van der Waals surface area contributed by atoms with E-state index in [1.807, 2.05) is 24.3 Å². The Hall–Kier alpha value is -2.63. The molecule has 0 aliphatic carbocycles. The van der Waals surface area contributed by atoms with Gasteiger partial charge in [-0.15, -0.1) is 0 Å². The molecule has 2 aliphatic heterocycles. The summed E-state index contributed by atoms with van der Waals surface area (Å²) in [6, 6.07) is 17.6. The molecule has 0 amide bonds. The molecule has 0 spiro atoms. The van der Waals surface area contributed by atoms with Gasteiger partial charge in [0.1, 0.15) is 11.9 Å². The first kappa shape index (κ1) is 25.0. The fraction of sp³-hybridized carbons (Fsp3) is 0.516. The third-order valence-corrected chi connectivity index (χ3v) is 8.19. The normalized spacial score (nSPS) is 19.8. The second kappa shape index (κ2) is 11.6. The SMILES string of the molecule is CCn1ccc2cc(CN3CCC(Oc4cccc(C(=O)CCCC5CCCN5C)c4)CC3)ccc21. The van der Waals surface area contributed by atoms with Gasteiger partial charge >= 0.3 is 0 Å². The molecule has 1 aromatic heterocycles. The third kappa shape index (κ3) is 6.01. The van der Waals surface area contributed by atoms with Crippen molar-refractivity contribution in [3.8, 4) is 5.75 Å². The Labute approximate surface area is 216 Å². The van der Waals surface area contributed by atoms with Gasteiger partial charge in [-0.25, -0.2) is 0 Å². The highest BCUT2D eigenvalue weighted by atomic mass is 16.5. The van der Waals surface area contributed by atoms with Crippen LogP contribution in [0.3, 0.4) is 0 Å². The Bertz CT molecular complexity index is 1160. The lowest BCUT2D eigenvalue weighted by atomic mass is 10.0. The Morgan fingerprint density at radius 1 is 1.03 bits per heavy atom. The molecule has 1 atom stereocenters. The summed E-state index contributed by atoms with van der Waals surface area (Å²) in [5.41, 5.74) is 3.48. The van der Waals surface area contributed by atoms with Crippen molar-refractivity contribution >= 4 is 16.7 Å². The van der Waals surface area contributed by atoms with Gasteiger partial charge in [0.15, 0.2) is 5.78 Å². The van der Waals surface area contributed by atoms with Crippen molar-refractivity contribution in [1.82, 2.24) is 14.4 Å². The van der Waals surface area contributed by atoms with Gasteiger partial charge in [-0.3, -0.25) is 9.69 Å². The molecule has 2 fully saturated rings. The van der Waals surface area contributed by atoms with E-state index in [2.05, 4.69) is 58.8 Å². The number of rotatable bonds is 10. The zero-order valence-corrected chi connectivity index (χ0v) is 22.0. The van der Waals surface area contributed by atoms with Crippen LogP contribution in [0.15, 0.2) is 54.7 Å². The lowest BCUT2D eigenvalue weighted by Gasteiger charge is -2.32. The summed E-state index contributed by atoms with van der Waals surface area (Å²) in [5, 5.41) is 1.33. The van der Waals surface area contributed by atoms with Gasteiger partial charge in [-0.05, 0) is 100 Å². The van der Waals surface area contributed by atoms with Crippen molar-refractivity contribution in [2.45, 2.75) is 77.1 Å². The zero-order valence-electron chi connectivity index (χ0n) is 22.0. The number of Topliss-reactive ketones (excluding diaryl/α,β-unsaturated/α-hetero) is 1. The molecule has 2 saturated heterocycles. The maximum Gasteiger partial charge on any atom is 0.163 e. The van der Waals surface area contributed by atoms with Crippen LogP contribution in [0.1, 0.15) is 67.8 Å². The molecule has 2 aromatic carbocycles. The first-order valence-corrected chi connectivity index (χ1v) is 13.9. The van der Waals surface area contributed by atoms with Crippen molar-refractivity contribution in [3.05, 3.63) is 65.9 Å². The number of piperidine rings is 1. The Balaban J connectivity index is 1.08. The number of aromatic nitrogens is 1. The minimum atomic E-state index is 0.213. The molecule has 0 radical (unpaired) electrons. The first-order chi connectivity index (χ1) is 17.6. The highest BCUT2D eigenvalue weighted by Crippen LogP contribution is 2.25. The van der Waals surface area contributed by atoms with Crippen molar-refractivity contribution in [1.29, 1.82) is 0 Å². The number of nitrogens with zero attached hydrogens (tertiary/aromatic N) is 3. The summed E-state index contributed by atoms with van der Waals surface area (Å²) < 4.78 is 8.62. The largest absolute Gasteiger partial charge is 0.490 e. The molecule has 1 unspecified atom stereocenters. The number of ether oxygens (including phenoxy) is 1. The summed E-state index contributed by atoms with van der Waals surface area (Å²) >= 11 is 0. The Morgan fingerprint density at radius 3 is 2.67 bits per heavy atom. The van der Waals surface area contributed by atoms with E-state index in [-0.39, 0.29) is 11.9 Å². The number of carbonyl (C=O) groups is 1. The van der Waals surface area contributed by atoms with Crippen LogP contribution in [-0.2, 0) is 13.1 Å². The first-order valence-electron chi connectivity index (χ1n) is 13.9. The van der Waals surface area contributed by atoms with Gasteiger partial charge in [-0.1, -0.05) is 18.2 Å². The van der Waals surface area contributed by atoms with E-state index < -0.39 is 0 Å². The molecule has 5 rings (SSSR count). The van der Waals surface area contributed by atoms with Gasteiger partial charge in [0, 0.05) is 55.9 Å². The predicted octanol–water partition coefficient (Wildman–Crippen LogP) is 6.15. The van der Waals surface area contributed by atoms with E-state index in [4.69, 9.17) is 4.74 Å². The van der Waals surface area contributed by atoms with Crippen molar-refractivity contribution < 1.29 is 9.53 Å². The van der Waals surface area contributed by atoms with E-state index in [0.29, 0.717) is 12.5 Å². The Morgan fingerprint density at radius 2 is 1.89 bits per heavy atom. The second-order valence-electron chi connectivity index (χ2n) is 10.7. The summed E-state index contributed by atoms with van der Waals surface area (Å²) in [6.07, 6.45) is 9.70. The Kier molecular flexibility index (Phi) is 8.08. The molecule has 36 heavy (non-hydrogen) atoms. The predicted molar refractivity (Wildman–Crippen MR) is 147 cm³/mol. The monoisotopic (exact) mass is 487 g/mol. The van der Waals surface area contributed by atoms with Crippen molar-refractivity contribution in [3.63, 3.8) is 0 Å². The smallest absolute Gasteiger partial charge is 0.163 e. The molecular formula is C31H41N3O2. The van der Waals surface area contributed by atoms with Gasteiger partial charge in [0.2, 0.25) is 0 Å². The highest BCUT2D eigenvalue weighted by molar-refractivity contribution is 5.96. The van der Waals surface area contributed by atoms with E-state index in [9.17, 15) is 4.79 Å². The van der Waals surface area contributed by atoms with Gasteiger partial charge in [0.05, 0.1) is 0 Å². The molecular weight excluding hydrogens is 446 g/mol. The number of aryl methyl sites for hydroxylation is 1. The zero-order chi connectivity index (χ0) is 24.9. The van der Waals surface area contributed by atoms with Crippen molar-refractivity contribution in [2.75, 3.05) is 26.7 Å². The topological polar surface area (TPSA) is 37.7 Å². The van der Waals surface area contributed by atoms with E-state index in [1.54, 1.807) is 0 Å². The summed E-state index contributed by atoms with van der Waals surface area (Å²) in [6.45, 7) is 7.44. The van der Waals surface area contributed by atoms with Gasteiger partial charge < -0.3 is 14.2 Å². The maximum absolute atomic E-state index is 12.8. The molecule has 192 valence electrons. The quantitative estimate of drug-likeness (QED) is 0.321. The van der Waals surface area contributed by atoms with Crippen LogP contribution in [0.4, 0.5) is 0 Å². The number of hydrogen-bond donors (Lipinski definition) is 0. The molecule has 0 bridgehead atoms. The average Bonchev–Trinajstić information content (AvgIpc) is 3.50.